The maximum Gasteiger partial charge on any atom is 0.223 e. The van der Waals surface area contributed by atoms with E-state index in [-0.39, 0.29) is 11.9 Å². The maximum atomic E-state index is 12.4. The minimum absolute atomic E-state index is 0.218. The van der Waals surface area contributed by atoms with E-state index in [1.807, 2.05) is 35.8 Å². The lowest BCUT2D eigenvalue weighted by atomic mass is 10.0. The Hall–Kier alpha value is -1.82. The van der Waals surface area contributed by atoms with Crippen LogP contribution in [-0.2, 0) is 10.5 Å². The summed E-state index contributed by atoms with van der Waals surface area (Å²) >= 11 is 1.82. The summed E-state index contributed by atoms with van der Waals surface area (Å²) in [6, 6.07) is 21.4. The van der Waals surface area contributed by atoms with Crippen molar-refractivity contribution < 1.29 is 4.79 Å². The van der Waals surface area contributed by atoms with E-state index < -0.39 is 0 Å². The SMILES string of the molecule is CN(CC1CC(c2ccccc2)NN1)C(=O)CCSCc1ccccc1. The first-order valence-electron chi connectivity index (χ1n) is 9.14. The summed E-state index contributed by atoms with van der Waals surface area (Å²) < 4.78 is 0. The van der Waals surface area contributed by atoms with Crippen LogP contribution in [0.1, 0.15) is 30.0 Å². The van der Waals surface area contributed by atoms with Crippen molar-refractivity contribution in [3.8, 4) is 0 Å². The summed E-state index contributed by atoms with van der Waals surface area (Å²) in [6.45, 7) is 0.735. The molecule has 2 aromatic carbocycles. The Balaban J connectivity index is 1.35. The number of hydrogen-bond donors (Lipinski definition) is 2. The number of nitrogens with zero attached hydrogens (tertiary/aromatic N) is 1. The van der Waals surface area contributed by atoms with Gasteiger partial charge in [0.2, 0.25) is 5.91 Å². The van der Waals surface area contributed by atoms with Gasteiger partial charge in [-0.25, -0.2) is 5.43 Å². The van der Waals surface area contributed by atoms with Gasteiger partial charge in [-0.2, -0.15) is 11.8 Å². The van der Waals surface area contributed by atoms with Gasteiger partial charge in [0, 0.05) is 43.6 Å². The van der Waals surface area contributed by atoms with Gasteiger partial charge in [-0.3, -0.25) is 10.2 Å². The van der Waals surface area contributed by atoms with E-state index in [1.165, 1.54) is 11.1 Å². The van der Waals surface area contributed by atoms with E-state index in [0.29, 0.717) is 12.5 Å². The van der Waals surface area contributed by atoms with Gasteiger partial charge in [0.15, 0.2) is 0 Å². The Morgan fingerprint density at radius 1 is 1.08 bits per heavy atom. The quantitative estimate of drug-likeness (QED) is 0.700. The van der Waals surface area contributed by atoms with Crippen LogP contribution in [0.3, 0.4) is 0 Å². The first-order chi connectivity index (χ1) is 12.7. The zero-order chi connectivity index (χ0) is 18.2. The molecule has 1 amide bonds. The Morgan fingerprint density at radius 3 is 2.50 bits per heavy atom. The van der Waals surface area contributed by atoms with Crippen molar-refractivity contribution in [2.75, 3.05) is 19.3 Å². The van der Waals surface area contributed by atoms with Gasteiger partial charge in [-0.1, -0.05) is 60.7 Å². The van der Waals surface area contributed by atoms with Gasteiger partial charge in [0.05, 0.1) is 0 Å². The third kappa shape index (κ3) is 5.59. The number of carbonyl (C=O) groups is 1. The molecule has 26 heavy (non-hydrogen) atoms. The molecule has 0 spiro atoms. The van der Waals surface area contributed by atoms with Crippen LogP contribution in [0.15, 0.2) is 60.7 Å². The lowest BCUT2D eigenvalue weighted by Gasteiger charge is -2.21. The largest absolute Gasteiger partial charge is 0.344 e. The van der Waals surface area contributed by atoms with Crippen LogP contribution in [0.2, 0.25) is 0 Å². The summed E-state index contributed by atoms with van der Waals surface area (Å²) in [5.41, 5.74) is 9.27. The first-order valence-corrected chi connectivity index (χ1v) is 10.3. The Kier molecular flexibility index (Phi) is 7.12. The number of nitrogens with one attached hydrogen (secondary N) is 2. The molecule has 0 aromatic heterocycles. The first kappa shape index (κ1) is 19.0. The molecule has 1 saturated heterocycles. The number of benzene rings is 2. The highest BCUT2D eigenvalue weighted by molar-refractivity contribution is 7.98. The molecule has 1 aliphatic rings. The van der Waals surface area contributed by atoms with Crippen LogP contribution in [0.5, 0.6) is 0 Å². The Morgan fingerprint density at radius 2 is 1.77 bits per heavy atom. The fraction of sp³-hybridized carbons (Fsp3) is 0.381. The molecule has 2 unspecified atom stereocenters. The van der Waals surface area contributed by atoms with E-state index >= 15 is 0 Å². The molecule has 1 heterocycles. The van der Waals surface area contributed by atoms with Gasteiger partial charge < -0.3 is 4.90 Å². The zero-order valence-corrected chi connectivity index (χ0v) is 16.0. The minimum atomic E-state index is 0.218. The molecule has 0 radical (unpaired) electrons. The number of carbonyl (C=O) groups excluding carboxylic acids is 1. The lowest BCUT2D eigenvalue weighted by Crippen LogP contribution is -2.41. The highest BCUT2D eigenvalue weighted by Gasteiger charge is 2.26. The average molecular weight is 370 g/mol. The predicted molar refractivity (Wildman–Crippen MR) is 109 cm³/mol. The molecular weight excluding hydrogens is 342 g/mol. The van der Waals surface area contributed by atoms with Crippen LogP contribution in [-0.4, -0.2) is 36.2 Å². The smallest absolute Gasteiger partial charge is 0.223 e. The molecule has 2 aromatic rings. The molecule has 1 aliphatic heterocycles. The van der Waals surface area contributed by atoms with Crippen molar-refractivity contribution in [3.05, 3.63) is 71.8 Å². The topological polar surface area (TPSA) is 44.4 Å². The summed E-state index contributed by atoms with van der Waals surface area (Å²) in [5.74, 6) is 2.04. The van der Waals surface area contributed by atoms with E-state index in [9.17, 15) is 4.79 Å². The second kappa shape index (κ2) is 9.76. The standard InChI is InChI=1S/C21H27N3OS/c1-24(21(25)12-13-26-16-17-8-4-2-5-9-17)15-19-14-20(23-22-19)18-10-6-3-7-11-18/h2-11,19-20,22-23H,12-16H2,1H3. The summed E-state index contributed by atoms with van der Waals surface area (Å²) in [7, 11) is 1.90. The minimum Gasteiger partial charge on any atom is -0.344 e. The van der Waals surface area contributed by atoms with Crippen molar-refractivity contribution >= 4 is 17.7 Å². The van der Waals surface area contributed by atoms with Crippen LogP contribution in [0, 0.1) is 0 Å². The van der Waals surface area contributed by atoms with E-state index in [4.69, 9.17) is 0 Å². The lowest BCUT2D eigenvalue weighted by molar-refractivity contribution is -0.129. The molecular formula is C21H27N3OS. The number of likely N-dealkylation sites (N-methyl/N-ethyl adjacent to an activating group) is 1. The van der Waals surface area contributed by atoms with Gasteiger partial charge in [-0.05, 0) is 17.5 Å². The maximum absolute atomic E-state index is 12.4. The summed E-state index contributed by atoms with van der Waals surface area (Å²) in [5, 5.41) is 0. The summed E-state index contributed by atoms with van der Waals surface area (Å²) in [4.78, 5) is 14.2. The van der Waals surface area contributed by atoms with E-state index in [2.05, 4.69) is 59.4 Å². The molecule has 3 rings (SSSR count). The van der Waals surface area contributed by atoms with Crippen molar-refractivity contribution in [2.24, 2.45) is 0 Å². The molecule has 0 aliphatic carbocycles. The van der Waals surface area contributed by atoms with Crippen molar-refractivity contribution in [1.29, 1.82) is 0 Å². The van der Waals surface area contributed by atoms with Crippen LogP contribution in [0.25, 0.3) is 0 Å². The summed E-state index contributed by atoms with van der Waals surface area (Å²) in [6.07, 6.45) is 1.58. The number of hydrazine groups is 1. The normalized spacial score (nSPS) is 19.4. The highest BCUT2D eigenvalue weighted by Crippen LogP contribution is 2.22. The van der Waals surface area contributed by atoms with Crippen LogP contribution in [0.4, 0.5) is 0 Å². The number of amides is 1. The molecule has 0 bridgehead atoms. The van der Waals surface area contributed by atoms with E-state index in [0.717, 1.165) is 24.5 Å². The van der Waals surface area contributed by atoms with Crippen molar-refractivity contribution in [1.82, 2.24) is 15.8 Å². The molecule has 2 atom stereocenters. The Bertz CT molecular complexity index is 680. The highest BCUT2D eigenvalue weighted by atomic mass is 32.2. The van der Waals surface area contributed by atoms with Crippen molar-refractivity contribution in [2.45, 2.75) is 30.7 Å². The zero-order valence-electron chi connectivity index (χ0n) is 15.2. The fourth-order valence-corrected chi connectivity index (χ4v) is 4.08. The van der Waals surface area contributed by atoms with E-state index in [1.54, 1.807) is 0 Å². The van der Waals surface area contributed by atoms with Gasteiger partial charge in [0.1, 0.15) is 0 Å². The van der Waals surface area contributed by atoms with Crippen LogP contribution < -0.4 is 10.9 Å². The average Bonchev–Trinajstić information content (AvgIpc) is 3.15. The monoisotopic (exact) mass is 369 g/mol. The molecule has 138 valence electrons. The molecule has 4 nitrogen and oxygen atoms in total. The van der Waals surface area contributed by atoms with Gasteiger partial charge in [-0.15, -0.1) is 0 Å². The second-order valence-corrected chi connectivity index (χ2v) is 7.85. The third-order valence-corrected chi connectivity index (χ3v) is 5.71. The Labute approximate surface area is 160 Å². The number of hydrogen-bond acceptors (Lipinski definition) is 4. The molecule has 1 fully saturated rings. The number of thioether (sulfide) groups is 1. The third-order valence-electron chi connectivity index (χ3n) is 4.68. The number of rotatable bonds is 8. The predicted octanol–water partition coefficient (Wildman–Crippen LogP) is 3.38. The molecule has 5 heteroatoms. The molecule has 0 saturated carbocycles. The van der Waals surface area contributed by atoms with Gasteiger partial charge >= 0.3 is 0 Å². The van der Waals surface area contributed by atoms with Crippen molar-refractivity contribution in [3.63, 3.8) is 0 Å². The van der Waals surface area contributed by atoms with Crippen LogP contribution >= 0.6 is 11.8 Å². The fourth-order valence-electron chi connectivity index (χ4n) is 3.19. The second-order valence-electron chi connectivity index (χ2n) is 6.75. The molecule has 2 N–H and O–H groups in total. The van der Waals surface area contributed by atoms with Gasteiger partial charge in [0.25, 0.3) is 0 Å².